The monoisotopic (exact) mass is 158 g/mol. The zero-order chi connectivity index (χ0) is 8.48. The van der Waals surface area contributed by atoms with Gasteiger partial charge in [0, 0.05) is 0 Å². The van der Waals surface area contributed by atoms with Crippen LogP contribution in [0.3, 0.4) is 0 Å². The lowest BCUT2D eigenvalue weighted by molar-refractivity contribution is -0.156. The first-order chi connectivity index (χ1) is 5.05. The number of hydrogen-bond acceptors (Lipinski definition) is 3. The second-order valence-corrected chi connectivity index (χ2v) is 3.43. The van der Waals surface area contributed by atoms with Crippen molar-refractivity contribution in [2.24, 2.45) is 0 Å². The van der Waals surface area contributed by atoms with Gasteiger partial charge >= 0.3 is 5.97 Å². The lowest BCUT2D eigenvalue weighted by atomic mass is 10.1. The van der Waals surface area contributed by atoms with Gasteiger partial charge in [0.15, 0.2) is 6.10 Å². The molecule has 0 radical (unpaired) electrons. The minimum atomic E-state index is -0.338. The average Bonchev–Trinajstić information content (AvgIpc) is 2.29. The summed E-state index contributed by atoms with van der Waals surface area (Å²) < 4.78 is 9.99. The van der Waals surface area contributed by atoms with Gasteiger partial charge in [0.2, 0.25) is 0 Å². The number of esters is 1. The Morgan fingerprint density at radius 2 is 2.27 bits per heavy atom. The molecule has 0 saturated carbocycles. The van der Waals surface area contributed by atoms with Gasteiger partial charge in [0.1, 0.15) is 0 Å². The summed E-state index contributed by atoms with van der Waals surface area (Å²) in [4.78, 5) is 11.0. The Balaban J connectivity index is 2.48. The van der Waals surface area contributed by atoms with E-state index in [0.717, 1.165) is 12.8 Å². The topological polar surface area (TPSA) is 35.5 Å². The fraction of sp³-hybridized carbons (Fsp3) is 0.875. The molecule has 1 atom stereocenters. The van der Waals surface area contributed by atoms with Gasteiger partial charge in [-0.05, 0) is 26.7 Å². The Labute approximate surface area is 66.7 Å². The Hall–Kier alpha value is -0.570. The molecule has 64 valence electrons. The predicted molar refractivity (Wildman–Crippen MR) is 40.2 cm³/mol. The van der Waals surface area contributed by atoms with Gasteiger partial charge in [-0.15, -0.1) is 0 Å². The number of rotatable bonds is 1. The largest absolute Gasteiger partial charge is 0.467 e. The molecule has 3 heteroatoms. The van der Waals surface area contributed by atoms with E-state index in [2.05, 4.69) is 4.74 Å². The lowest BCUT2D eigenvalue weighted by Gasteiger charge is -2.17. The Bertz CT molecular complexity index is 163. The van der Waals surface area contributed by atoms with Crippen LogP contribution in [0.4, 0.5) is 0 Å². The zero-order valence-electron chi connectivity index (χ0n) is 7.22. The molecule has 0 aromatic carbocycles. The summed E-state index contributed by atoms with van der Waals surface area (Å²) in [6.45, 7) is 3.96. The van der Waals surface area contributed by atoms with Crippen LogP contribution >= 0.6 is 0 Å². The minimum Gasteiger partial charge on any atom is -0.467 e. The van der Waals surface area contributed by atoms with Gasteiger partial charge < -0.3 is 9.47 Å². The quantitative estimate of drug-likeness (QED) is 0.536. The van der Waals surface area contributed by atoms with Crippen molar-refractivity contribution in [1.82, 2.24) is 0 Å². The molecule has 0 aromatic heterocycles. The summed E-state index contributed by atoms with van der Waals surface area (Å²) >= 11 is 0. The maximum Gasteiger partial charge on any atom is 0.335 e. The highest BCUT2D eigenvalue weighted by atomic mass is 16.6. The van der Waals surface area contributed by atoms with Crippen molar-refractivity contribution in [2.75, 3.05) is 7.11 Å². The van der Waals surface area contributed by atoms with Gasteiger partial charge in [-0.1, -0.05) is 0 Å². The third-order valence-electron chi connectivity index (χ3n) is 1.93. The van der Waals surface area contributed by atoms with E-state index < -0.39 is 0 Å². The highest BCUT2D eigenvalue weighted by Gasteiger charge is 2.36. The van der Waals surface area contributed by atoms with E-state index in [-0.39, 0.29) is 17.7 Å². The fourth-order valence-corrected chi connectivity index (χ4v) is 1.28. The van der Waals surface area contributed by atoms with E-state index in [1.54, 1.807) is 0 Å². The van der Waals surface area contributed by atoms with E-state index in [4.69, 9.17) is 4.74 Å². The van der Waals surface area contributed by atoms with Gasteiger partial charge in [0.25, 0.3) is 0 Å². The van der Waals surface area contributed by atoms with Crippen LogP contribution in [0.2, 0.25) is 0 Å². The summed E-state index contributed by atoms with van der Waals surface area (Å²) in [5, 5.41) is 0. The molecule has 11 heavy (non-hydrogen) atoms. The first kappa shape index (κ1) is 8.53. The second-order valence-electron chi connectivity index (χ2n) is 3.43. The molecular formula is C8H14O3. The number of hydrogen-bond donors (Lipinski definition) is 0. The molecule has 0 amide bonds. The van der Waals surface area contributed by atoms with Crippen molar-refractivity contribution in [1.29, 1.82) is 0 Å². The maximum atomic E-state index is 11.0. The van der Waals surface area contributed by atoms with Gasteiger partial charge in [0.05, 0.1) is 12.7 Å². The van der Waals surface area contributed by atoms with Gasteiger partial charge in [-0.2, -0.15) is 0 Å². The van der Waals surface area contributed by atoms with Crippen LogP contribution in [0, 0.1) is 0 Å². The SMILES string of the molecule is COC(=O)C1CCC(C)(C)O1. The van der Waals surface area contributed by atoms with E-state index in [1.165, 1.54) is 7.11 Å². The first-order valence-corrected chi connectivity index (χ1v) is 3.81. The fourth-order valence-electron chi connectivity index (χ4n) is 1.28. The average molecular weight is 158 g/mol. The number of carbonyl (C=O) groups excluding carboxylic acids is 1. The second kappa shape index (κ2) is 2.81. The third-order valence-corrected chi connectivity index (χ3v) is 1.93. The molecule has 1 heterocycles. The molecule has 3 nitrogen and oxygen atoms in total. The van der Waals surface area contributed by atoms with Crippen molar-refractivity contribution >= 4 is 5.97 Å². The van der Waals surface area contributed by atoms with Crippen molar-refractivity contribution < 1.29 is 14.3 Å². The summed E-state index contributed by atoms with van der Waals surface area (Å²) in [7, 11) is 1.39. The van der Waals surface area contributed by atoms with Crippen LogP contribution in [0.15, 0.2) is 0 Å². The first-order valence-electron chi connectivity index (χ1n) is 3.81. The zero-order valence-corrected chi connectivity index (χ0v) is 7.22. The van der Waals surface area contributed by atoms with Crippen molar-refractivity contribution in [3.05, 3.63) is 0 Å². The van der Waals surface area contributed by atoms with Crippen molar-refractivity contribution in [3.63, 3.8) is 0 Å². The van der Waals surface area contributed by atoms with Crippen molar-refractivity contribution in [2.45, 2.75) is 38.4 Å². The molecule has 1 aliphatic heterocycles. The number of methoxy groups -OCH3 is 1. The van der Waals surface area contributed by atoms with Crippen LogP contribution in [0.1, 0.15) is 26.7 Å². The summed E-state index contributed by atoms with van der Waals surface area (Å²) in [6, 6.07) is 0. The summed E-state index contributed by atoms with van der Waals surface area (Å²) in [5.41, 5.74) is -0.154. The Morgan fingerprint density at radius 3 is 2.64 bits per heavy atom. The van der Waals surface area contributed by atoms with Crippen LogP contribution in [0.25, 0.3) is 0 Å². The molecule has 1 fully saturated rings. The number of carbonyl (C=O) groups is 1. The maximum absolute atomic E-state index is 11.0. The van der Waals surface area contributed by atoms with E-state index in [1.807, 2.05) is 13.8 Å². The summed E-state index contributed by atoms with van der Waals surface area (Å²) in [6.07, 6.45) is 1.36. The lowest BCUT2D eigenvalue weighted by Crippen LogP contribution is -2.26. The highest BCUT2D eigenvalue weighted by Crippen LogP contribution is 2.29. The molecular weight excluding hydrogens is 144 g/mol. The molecule has 0 aliphatic carbocycles. The molecule has 0 N–H and O–H groups in total. The number of ether oxygens (including phenoxy) is 2. The van der Waals surface area contributed by atoms with E-state index in [9.17, 15) is 4.79 Å². The van der Waals surface area contributed by atoms with E-state index >= 15 is 0 Å². The molecule has 0 bridgehead atoms. The van der Waals surface area contributed by atoms with Crippen LogP contribution in [-0.4, -0.2) is 24.8 Å². The molecule has 1 aliphatic rings. The summed E-state index contributed by atoms with van der Waals surface area (Å²) in [5.74, 6) is -0.254. The van der Waals surface area contributed by atoms with Crippen LogP contribution in [0.5, 0.6) is 0 Å². The molecule has 0 spiro atoms. The Morgan fingerprint density at radius 1 is 1.64 bits per heavy atom. The normalized spacial score (nSPS) is 28.5. The third kappa shape index (κ3) is 1.93. The van der Waals surface area contributed by atoms with E-state index in [0.29, 0.717) is 0 Å². The molecule has 0 aromatic rings. The van der Waals surface area contributed by atoms with Gasteiger partial charge in [-0.3, -0.25) is 0 Å². The smallest absolute Gasteiger partial charge is 0.335 e. The Kier molecular flexibility index (Phi) is 2.18. The van der Waals surface area contributed by atoms with Crippen LogP contribution in [-0.2, 0) is 14.3 Å². The molecule has 1 saturated heterocycles. The minimum absolute atomic E-state index is 0.154. The van der Waals surface area contributed by atoms with Crippen molar-refractivity contribution in [3.8, 4) is 0 Å². The highest BCUT2D eigenvalue weighted by molar-refractivity contribution is 5.74. The molecule has 1 unspecified atom stereocenters. The van der Waals surface area contributed by atoms with Gasteiger partial charge in [-0.25, -0.2) is 4.79 Å². The predicted octanol–water partition coefficient (Wildman–Crippen LogP) is 1.12. The standard InChI is InChI=1S/C8H14O3/c1-8(2)5-4-6(11-8)7(9)10-3/h6H,4-5H2,1-3H3. The molecule has 1 rings (SSSR count). The van der Waals surface area contributed by atoms with Crippen LogP contribution < -0.4 is 0 Å².